The number of hydrogen-bond acceptors (Lipinski definition) is 6. The second kappa shape index (κ2) is 7.59. The van der Waals surface area contributed by atoms with E-state index in [2.05, 4.69) is 60.7 Å². The Morgan fingerprint density at radius 1 is 1.24 bits per heavy atom. The molecule has 5 nitrogen and oxygen atoms in total. The lowest BCUT2D eigenvalue weighted by Crippen LogP contribution is -2.41. The molecule has 0 radical (unpaired) electrons. The Kier molecular flexibility index (Phi) is 5.65. The zero-order valence-corrected chi connectivity index (χ0v) is 17.7. The van der Waals surface area contributed by atoms with Crippen LogP contribution in [-0.4, -0.2) is 36.2 Å². The Morgan fingerprint density at radius 2 is 2.00 bits per heavy atom. The number of rotatable bonds is 3. The quantitative estimate of drug-likeness (QED) is 0.676. The maximum atomic E-state index is 5.42. The topological polar surface area (TPSA) is 58.5 Å². The third-order valence-electron chi connectivity index (χ3n) is 4.55. The monoisotopic (exact) mass is 470 g/mol. The van der Waals surface area contributed by atoms with Crippen LogP contribution in [0.5, 0.6) is 0 Å². The maximum absolute atomic E-state index is 5.42. The van der Waals surface area contributed by atoms with Gasteiger partial charge < -0.3 is 15.4 Å². The van der Waals surface area contributed by atoms with Crippen molar-refractivity contribution in [1.82, 2.24) is 15.6 Å². The molecular formula is C18H23IN4OS. The Labute approximate surface area is 169 Å². The summed E-state index contributed by atoms with van der Waals surface area (Å²) in [5.74, 6) is 0.880. The minimum Gasteiger partial charge on any atom is -0.377 e. The standard InChI is InChI=1S/C18H22N4OS.HI/c1-10-4-6-13(7-5-10)17-19-11(2)16(24-17)12(3)20-18-21-14-8-23-9-15(14)22-18;/h4-7,12,14-15H,8-9H2,1-3H3,(H2,20,21,22);1H/t12?,14-,15+;. The van der Waals surface area contributed by atoms with E-state index < -0.39 is 0 Å². The number of aryl methyl sites for hydroxylation is 2. The van der Waals surface area contributed by atoms with E-state index in [1.165, 1.54) is 16.0 Å². The highest BCUT2D eigenvalue weighted by molar-refractivity contribution is 14.0. The number of nitrogens with zero attached hydrogens (tertiary/aromatic N) is 2. The van der Waals surface area contributed by atoms with Crippen molar-refractivity contribution in [1.29, 1.82) is 0 Å². The van der Waals surface area contributed by atoms with Crippen molar-refractivity contribution in [3.8, 4) is 10.6 Å². The Morgan fingerprint density at radius 3 is 2.72 bits per heavy atom. The van der Waals surface area contributed by atoms with E-state index in [9.17, 15) is 0 Å². The number of halogens is 1. The lowest BCUT2D eigenvalue weighted by molar-refractivity contribution is 0.188. The second-order valence-corrected chi connectivity index (χ2v) is 7.56. The van der Waals surface area contributed by atoms with Crippen LogP contribution < -0.4 is 10.6 Å². The first-order chi connectivity index (χ1) is 11.6. The Hall–Kier alpha value is -1.19. The van der Waals surface area contributed by atoms with Gasteiger partial charge in [0.25, 0.3) is 0 Å². The summed E-state index contributed by atoms with van der Waals surface area (Å²) in [6.07, 6.45) is 0. The summed E-state index contributed by atoms with van der Waals surface area (Å²) in [4.78, 5) is 10.7. The van der Waals surface area contributed by atoms with Gasteiger partial charge in [-0.3, -0.25) is 0 Å². The van der Waals surface area contributed by atoms with Gasteiger partial charge in [0.1, 0.15) is 5.01 Å². The summed E-state index contributed by atoms with van der Waals surface area (Å²) in [5.41, 5.74) is 3.52. The molecule has 0 saturated carbocycles. The van der Waals surface area contributed by atoms with Crippen molar-refractivity contribution in [2.75, 3.05) is 13.2 Å². The third kappa shape index (κ3) is 3.83. The molecule has 1 aromatic carbocycles. The zero-order valence-electron chi connectivity index (χ0n) is 14.6. The molecule has 0 spiro atoms. The Bertz CT molecular complexity index is 774. The smallest absolute Gasteiger partial charge is 0.192 e. The lowest BCUT2D eigenvalue weighted by atomic mass is 10.2. The van der Waals surface area contributed by atoms with E-state index >= 15 is 0 Å². The van der Waals surface area contributed by atoms with Gasteiger partial charge in [-0.05, 0) is 20.8 Å². The van der Waals surface area contributed by atoms with Gasteiger partial charge in [-0.2, -0.15) is 0 Å². The van der Waals surface area contributed by atoms with Crippen molar-refractivity contribution in [3.05, 3.63) is 40.4 Å². The molecule has 3 heterocycles. The van der Waals surface area contributed by atoms with Crippen molar-refractivity contribution >= 4 is 41.3 Å². The third-order valence-corrected chi connectivity index (χ3v) is 5.93. The fraction of sp³-hybridized carbons (Fsp3) is 0.444. The molecule has 2 aliphatic rings. The van der Waals surface area contributed by atoms with E-state index in [0.29, 0.717) is 12.6 Å². The van der Waals surface area contributed by atoms with Crippen molar-refractivity contribution in [2.45, 2.75) is 38.9 Å². The number of aromatic nitrogens is 1. The molecular weight excluding hydrogens is 447 g/mol. The van der Waals surface area contributed by atoms with E-state index in [4.69, 9.17) is 9.72 Å². The van der Waals surface area contributed by atoms with Crippen molar-refractivity contribution in [2.24, 2.45) is 4.99 Å². The van der Waals surface area contributed by atoms with E-state index in [0.717, 1.165) is 23.3 Å². The normalized spacial score (nSPS) is 22.6. The summed E-state index contributed by atoms with van der Waals surface area (Å²) in [6, 6.07) is 9.29. The fourth-order valence-corrected chi connectivity index (χ4v) is 4.24. The van der Waals surface area contributed by atoms with Crippen molar-refractivity contribution in [3.63, 3.8) is 0 Å². The van der Waals surface area contributed by atoms with Crippen LogP contribution in [0.25, 0.3) is 10.6 Å². The highest BCUT2D eigenvalue weighted by Gasteiger charge is 2.34. The summed E-state index contributed by atoms with van der Waals surface area (Å²) < 4.78 is 5.42. The number of hydrogen-bond donors (Lipinski definition) is 2. The molecule has 25 heavy (non-hydrogen) atoms. The number of guanidine groups is 1. The largest absolute Gasteiger partial charge is 0.377 e. The average Bonchev–Trinajstić information content (AvgIpc) is 3.22. The Balaban J connectivity index is 0.00000182. The number of ether oxygens (including phenoxy) is 1. The molecule has 0 amide bonds. The summed E-state index contributed by atoms with van der Waals surface area (Å²) >= 11 is 1.75. The van der Waals surface area contributed by atoms with Crippen LogP contribution in [0.1, 0.15) is 29.1 Å². The molecule has 1 aromatic heterocycles. The highest BCUT2D eigenvalue weighted by Crippen LogP contribution is 2.32. The van der Waals surface area contributed by atoms with Gasteiger partial charge in [0, 0.05) is 5.56 Å². The van der Waals surface area contributed by atoms with Crippen LogP contribution in [-0.2, 0) is 4.74 Å². The van der Waals surface area contributed by atoms with Gasteiger partial charge in [0.05, 0.1) is 41.9 Å². The first-order valence-electron chi connectivity index (χ1n) is 8.33. The SMILES string of the molecule is Cc1ccc(-c2nc(C)c(C(C)NC3=N[C@H]4COC[C@H]4N3)s2)cc1.I. The predicted octanol–water partition coefficient (Wildman–Crippen LogP) is 3.42. The molecule has 1 fully saturated rings. The van der Waals surface area contributed by atoms with Crippen LogP contribution in [0, 0.1) is 13.8 Å². The molecule has 7 heteroatoms. The molecule has 3 atom stereocenters. The molecule has 2 aromatic rings. The molecule has 1 unspecified atom stereocenters. The van der Waals surface area contributed by atoms with E-state index in [1.54, 1.807) is 11.3 Å². The molecule has 4 rings (SSSR count). The van der Waals surface area contributed by atoms with E-state index in [-0.39, 0.29) is 36.1 Å². The zero-order chi connectivity index (χ0) is 16.7. The molecule has 134 valence electrons. The van der Waals surface area contributed by atoms with Crippen LogP contribution in [0.15, 0.2) is 29.3 Å². The number of benzene rings is 1. The lowest BCUT2D eigenvalue weighted by Gasteiger charge is -2.15. The van der Waals surface area contributed by atoms with Gasteiger partial charge in [-0.15, -0.1) is 35.3 Å². The first-order valence-corrected chi connectivity index (χ1v) is 9.15. The number of fused-ring (bicyclic) bond motifs is 1. The molecule has 0 bridgehead atoms. The fourth-order valence-electron chi connectivity index (χ4n) is 3.17. The highest BCUT2D eigenvalue weighted by atomic mass is 127. The van der Waals surface area contributed by atoms with Gasteiger partial charge in [0.2, 0.25) is 0 Å². The van der Waals surface area contributed by atoms with Gasteiger partial charge in [0.15, 0.2) is 5.96 Å². The summed E-state index contributed by atoms with van der Waals surface area (Å²) in [6.45, 7) is 7.80. The van der Waals surface area contributed by atoms with Crippen molar-refractivity contribution < 1.29 is 4.74 Å². The minimum atomic E-state index is 0. The van der Waals surface area contributed by atoms with Crippen LogP contribution in [0.3, 0.4) is 0 Å². The summed E-state index contributed by atoms with van der Waals surface area (Å²) in [7, 11) is 0. The molecule has 0 aliphatic carbocycles. The number of nitrogens with one attached hydrogen (secondary N) is 2. The van der Waals surface area contributed by atoms with Crippen LogP contribution in [0.4, 0.5) is 0 Å². The van der Waals surface area contributed by atoms with Crippen LogP contribution >= 0.6 is 35.3 Å². The predicted molar refractivity (Wildman–Crippen MR) is 113 cm³/mol. The van der Waals surface area contributed by atoms with E-state index in [1.807, 2.05) is 0 Å². The number of thiazole rings is 1. The van der Waals surface area contributed by atoms with Gasteiger partial charge >= 0.3 is 0 Å². The second-order valence-electron chi connectivity index (χ2n) is 6.53. The van der Waals surface area contributed by atoms with Crippen LogP contribution in [0.2, 0.25) is 0 Å². The van der Waals surface area contributed by atoms with Gasteiger partial charge in [-0.25, -0.2) is 9.98 Å². The molecule has 2 aliphatic heterocycles. The maximum Gasteiger partial charge on any atom is 0.192 e. The number of aliphatic imine (C=N–C) groups is 1. The molecule has 2 N–H and O–H groups in total. The summed E-state index contributed by atoms with van der Waals surface area (Å²) in [5, 5.41) is 7.98. The minimum absolute atomic E-state index is 0. The molecule has 1 saturated heterocycles. The van der Waals surface area contributed by atoms with Gasteiger partial charge in [-0.1, -0.05) is 29.8 Å². The average molecular weight is 470 g/mol. The first kappa shape index (κ1) is 18.6.